The molecule has 0 bridgehead atoms. The molecule has 0 saturated carbocycles. The van der Waals surface area contributed by atoms with Crippen LogP contribution in [0.5, 0.6) is 5.75 Å². The maximum Gasteiger partial charge on any atom is 0.357 e. The SMILES string of the molecule is COC(=O)c1c(-c2cccc(OCCN(C)C)c2)nn(-c2ccccc2)c1C(=O)OC. The molecule has 1 heterocycles. The number of methoxy groups -OCH3 is 2. The number of carbonyl (C=O) groups is 2. The van der Waals surface area contributed by atoms with Crippen LogP contribution in [0.25, 0.3) is 16.9 Å². The van der Waals surface area contributed by atoms with Gasteiger partial charge >= 0.3 is 11.9 Å². The molecule has 0 spiro atoms. The zero-order valence-corrected chi connectivity index (χ0v) is 18.0. The minimum Gasteiger partial charge on any atom is -0.492 e. The van der Waals surface area contributed by atoms with E-state index in [4.69, 9.17) is 14.2 Å². The first-order chi connectivity index (χ1) is 15.0. The number of nitrogens with zero attached hydrogens (tertiary/aromatic N) is 3. The summed E-state index contributed by atoms with van der Waals surface area (Å²) in [6.45, 7) is 1.26. The molecule has 0 aliphatic heterocycles. The standard InChI is InChI=1S/C23H25N3O5/c1-25(2)13-14-31-18-12-8-9-16(15-18)20-19(22(27)29-3)21(23(28)30-4)26(24-20)17-10-6-5-7-11-17/h5-12,15H,13-14H2,1-4H3. The Morgan fingerprint density at radius 3 is 2.32 bits per heavy atom. The van der Waals surface area contributed by atoms with Crippen molar-refractivity contribution < 1.29 is 23.8 Å². The highest BCUT2D eigenvalue weighted by molar-refractivity contribution is 6.06. The molecule has 162 valence electrons. The lowest BCUT2D eigenvalue weighted by atomic mass is 10.1. The first-order valence-corrected chi connectivity index (χ1v) is 9.69. The van der Waals surface area contributed by atoms with Crippen molar-refractivity contribution in [1.82, 2.24) is 14.7 Å². The smallest absolute Gasteiger partial charge is 0.357 e. The van der Waals surface area contributed by atoms with Crippen molar-refractivity contribution in [3.05, 3.63) is 65.9 Å². The third-order valence-corrected chi connectivity index (χ3v) is 4.57. The van der Waals surface area contributed by atoms with Crippen LogP contribution in [0.4, 0.5) is 0 Å². The molecule has 0 N–H and O–H groups in total. The fraction of sp³-hybridized carbons (Fsp3) is 0.261. The molecule has 1 aromatic heterocycles. The quantitative estimate of drug-likeness (QED) is 0.515. The summed E-state index contributed by atoms with van der Waals surface area (Å²) in [7, 11) is 6.44. The highest BCUT2D eigenvalue weighted by Gasteiger charge is 2.31. The van der Waals surface area contributed by atoms with Gasteiger partial charge in [0.25, 0.3) is 0 Å². The highest BCUT2D eigenvalue weighted by Crippen LogP contribution is 2.31. The topological polar surface area (TPSA) is 82.9 Å². The molecule has 0 saturated heterocycles. The molecule has 8 nitrogen and oxygen atoms in total. The molecule has 2 aromatic carbocycles. The molecule has 0 aliphatic rings. The maximum atomic E-state index is 12.7. The van der Waals surface area contributed by atoms with E-state index in [0.29, 0.717) is 29.3 Å². The van der Waals surface area contributed by atoms with E-state index >= 15 is 0 Å². The van der Waals surface area contributed by atoms with Crippen molar-refractivity contribution in [3.63, 3.8) is 0 Å². The summed E-state index contributed by atoms with van der Waals surface area (Å²) < 4.78 is 17.1. The third-order valence-electron chi connectivity index (χ3n) is 4.57. The summed E-state index contributed by atoms with van der Waals surface area (Å²) in [4.78, 5) is 27.4. The van der Waals surface area contributed by atoms with E-state index in [9.17, 15) is 9.59 Å². The van der Waals surface area contributed by atoms with Crippen molar-refractivity contribution in [3.8, 4) is 22.7 Å². The third kappa shape index (κ3) is 4.92. The Kier molecular flexibility index (Phi) is 7.04. The minimum absolute atomic E-state index is 0.00511. The van der Waals surface area contributed by atoms with Crippen LogP contribution >= 0.6 is 0 Å². The molecule has 3 aromatic rings. The second-order valence-corrected chi connectivity index (χ2v) is 6.98. The fourth-order valence-electron chi connectivity index (χ4n) is 3.04. The van der Waals surface area contributed by atoms with Crippen LogP contribution in [0.2, 0.25) is 0 Å². The van der Waals surface area contributed by atoms with Gasteiger partial charge in [0, 0.05) is 12.1 Å². The summed E-state index contributed by atoms with van der Waals surface area (Å²) in [5, 5.41) is 4.59. The molecule has 8 heteroatoms. The van der Waals surface area contributed by atoms with Crippen molar-refractivity contribution in [2.45, 2.75) is 0 Å². The van der Waals surface area contributed by atoms with Crippen molar-refractivity contribution in [2.75, 3.05) is 41.5 Å². The molecule has 0 amide bonds. The lowest BCUT2D eigenvalue weighted by Crippen LogP contribution is -2.19. The number of aromatic nitrogens is 2. The summed E-state index contributed by atoms with van der Waals surface area (Å²) in [6.07, 6.45) is 0. The van der Waals surface area contributed by atoms with Gasteiger partial charge in [-0.2, -0.15) is 5.10 Å². The van der Waals surface area contributed by atoms with E-state index < -0.39 is 11.9 Å². The van der Waals surface area contributed by atoms with Gasteiger partial charge in [-0.15, -0.1) is 0 Å². The Hall–Kier alpha value is -3.65. The van der Waals surface area contributed by atoms with Gasteiger partial charge in [-0.1, -0.05) is 30.3 Å². The molecule has 0 fully saturated rings. The lowest BCUT2D eigenvalue weighted by Gasteiger charge is -2.11. The van der Waals surface area contributed by atoms with Gasteiger partial charge < -0.3 is 19.1 Å². The van der Waals surface area contributed by atoms with Crippen LogP contribution in [0.15, 0.2) is 54.6 Å². The second kappa shape index (κ2) is 9.90. The monoisotopic (exact) mass is 423 g/mol. The zero-order chi connectivity index (χ0) is 22.4. The number of benzene rings is 2. The average molecular weight is 423 g/mol. The van der Waals surface area contributed by atoms with Gasteiger partial charge in [0.15, 0.2) is 5.69 Å². The first kappa shape index (κ1) is 22.0. The molecule has 31 heavy (non-hydrogen) atoms. The Morgan fingerprint density at radius 2 is 1.68 bits per heavy atom. The number of likely N-dealkylation sites (N-methyl/N-ethyl adjacent to an activating group) is 1. The number of para-hydroxylation sites is 1. The van der Waals surface area contributed by atoms with E-state index in [0.717, 1.165) is 6.54 Å². The molecular formula is C23H25N3O5. The van der Waals surface area contributed by atoms with Crippen molar-refractivity contribution in [1.29, 1.82) is 0 Å². The molecule has 0 unspecified atom stereocenters. The second-order valence-electron chi connectivity index (χ2n) is 6.98. The van der Waals surface area contributed by atoms with Crippen LogP contribution in [0, 0.1) is 0 Å². The maximum absolute atomic E-state index is 12.7. The number of carbonyl (C=O) groups excluding carboxylic acids is 2. The molecule has 0 atom stereocenters. The van der Waals surface area contributed by atoms with Crippen LogP contribution in [0.3, 0.4) is 0 Å². The van der Waals surface area contributed by atoms with Gasteiger partial charge in [0.2, 0.25) is 0 Å². The highest BCUT2D eigenvalue weighted by atomic mass is 16.5. The zero-order valence-electron chi connectivity index (χ0n) is 18.0. The van der Waals surface area contributed by atoms with E-state index in [2.05, 4.69) is 5.10 Å². The number of ether oxygens (including phenoxy) is 3. The molecular weight excluding hydrogens is 398 g/mol. The number of hydrogen-bond donors (Lipinski definition) is 0. The molecule has 0 radical (unpaired) electrons. The van der Waals surface area contributed by atoms with Gasteiger partial charge in [-0.05, 0) is 38.4 Å². The predicted octanol–water partition coefficient (Wildman–Crippen LogP) is 3.05. The Balaban J connectivity index is 2.15. The normalized spacial score (nSPS) is 10.7. The van der Waals surface area contributed by atoms with E-state index in [1.165, 1.54) is 18.9 Å². The largest absolute Gasteiger partial charge is 0.492 e. The summed E-state index contributed by atoms with van der Waals surface area (Å²) in [5.41, 5.74) is 1.55. The van der Waals surface area contributed by atoms with Crippen LogP contribution < -0.4 is 4.74 Å². The summed E-state index contributed by atoms with van der Waals surface area (Å²) >= 11 is 0. The van der Waals surface area contributed by atoms with E-state index in [-0.39, 0.29) is 11.3 Å². The van der Waals surface area contributed by atoms with Gasteiger partial charge in [0.05, 0.1) is 19.9 Å². The summed E-state index contributed by atoms with van der Waals surface area (Å²) in [5.74, 6) is -0.748. The van der Waals surface area contributed by atoms with E-state index in [1.807, 2.05) is 43.3 Å². The average Bonchev–Trinajstić information content (AvgIpc) is 3.19. The number of esters is 2. The van der Waals surface area contributed by atoms with Crippen LogP contribution in [-0.2, 0) is 9.47 Å². The summed E-state index contributed by atoms with van der Waals surface area (Å²) in [6, 6.07) is 16.2. The lowest BCUT2D eigenvalue weighted by molar-refractivity contribution is 0.0549. The molecule has 3 rings (SSSR count). The first-order valence-electron chi connectivity index (χ1n) is 9.69. The predicted molar refractivity (Wildman–Crippen MR) is 116 cm³/mol. The number of rotatable bonds is 8. The van der Waals surface area contributed by atoms with Gasteiger partial charge in [-0.25, -0.2) is 14.3 Å². The van der Waals surface area contributed by atoms with Gasteiger partial charge in [0.1, 0.15) is 23.6 Å². The number of hydrogen-bond acceptors (Lipinski definition) is 7. The van der Waals surface area contributed by atoms with Crippen LogP contribution in [-0.4, -0.2) is 68.1 Å². The molecule has 0 aliphatic carbocycles. The van der Waals surface area contributed by atoms with E-state index in [1.54, 1.807) is 30.3 Å². The fourth-order valence-corrected chi connectivity index (χ4v) is 3.04. The van der Waals surface area contributed by atoms with Crippen LogP contribution in [0.1, 0.15) is 20.8 Å². The Bertz CT molecular complexity index is 1060. The minimum atomic E-state index is -0.693. The van der Waals surface area contributed by atoms with Crippen molar-refractivity contribution in [2.24, 2.45) is 0 Å². The Labute approximate surface area is 180 Å². The van der Waals surface area contributed by atoms with Crippen molar-refractivity contribution >= 4 is 11.9 Å². The Morgan fingerprint density at radius 1 is 0.968 bits per heavy atom. The van der Waals surface area contributed by atoms with Gasteiger partial charge in [-0.3, -0.25) is 0 Å².